The molecule has 2 aromatic rings. The zero-order valence-electron chi connectivity index (χ0n) is 12.8. The van der Waals surface area contributed by atoms with Crippen molar-refractivity contribution in [3.63, 3.8) is 0 Å². The van der Waals surface area contributed by atoms with Crippen molar-refractivity contribution in [3.05, 3.63) is 53.3 Å². The lowest BCUT2D eigenvalue weighted by atomic mass is 10.2. The lowest BCUT2D eigenvalue weighted by Crippen LogP contribution is -2.27. The first kappa shape index (κ1) is 16.7. The van der Waals surface area contributed by atoms with Crippen LogP contribution in [-0.4, -0.2) is 37.3 Å². The third-order valence-corrected chi connectivity index (χ3v) is 5.36. The van der Waals surface area contributed by atoms with Crippen molar-refractivity contribution in [2.75, 3.05) is 17.8 Å². The van der Waals surface area contributed by atoms with Crippen molar-refractivity contribution in [1.29, 1.82) is 0 Å². The van der Waals surface area contributed by atoms with Gasteiger partial charge in [0.25, 0.3) is 15.9 Å². The summed E-state index contributed by atoms with van der Waals surface area (Å²) in [6, 6.07) is 9.26. The van der Waals surface area contributed by atoms with Crippen molar-refractivity contribution >= 4 is 33.2 Å². The maximum atomic E-state index is 12.4. The maximum absolute atomic E-state index is 12.4. The van der Waals surface area contributed by atoms with Crippen LogP contribution in [0.3, 0.4) is 0 Å². The van der Waals surface area contributed by atoms with Gasteiger partial charge in [0.15, 0.2) is 0 Å². The Balaban J connectivity index is 1.81. The number of hydrogen-bond acceptors (Lipinski definition) is 4. The molecule has 1 aliphatic rings. The highest BCUT2D eigenvalue weighted by Gasteiger charge is 2.20. The predicted octanol–water partition coefficient (Wildman–Crippen LogP) is 2.77. The minimum Gasteiger partial charge on any atom is -0.339 e. The number of anilines is 1. The fourth-order valence-corrected chi connectivity index (χ4v) is 3.66. The average Bonchev–Trinajstić information content (AvgIpc) is 3.09. The number of rotatable bonds is 4. The van der Waals surface area contributed by atoms with E-state index in [4.69, 9.17) is 11.6 Å². The van der Waals surface area contributed by atoms with Gasteiger partial charge in [0.1, 0.15) is 10.0 Å². The van der Waals surface area contributed by atoms with Gasteiger partial charge in [0.2, 0.25) is 0 Å². The van der Waals surface area contributed by atoms with Crippen molar-refractivity contribution in [2.24, 2.45) is 0 Å². The second-order valence-corrected chi connectivity index (χ2v) is 7.57. The normalized spacial score (nSPS) is 14.6. The predicted molar refractivity (Wildman–Crippen MR) is 91.6 cm³/mol. The van der Waals surface area contributed by atoms with E-state index in [2.05, 4.69) is 9.71 Å². The molecule has 8 heteroatoms. The molecular weight excluding hydrogens is 350 g/mol. The van der Waals surface area contributed by atoms with Crippen LogP contribution >= 0.6 is 11.6 Å². The third-order valence-electron chi connectivity index (χ3n) is 3.77. The molecule has 1 aromatic heterocycles. The number of nitrogens with one attached hydrogen (secondary N) is 1. The molecule has 0 saturated carbocycles. The standard InChI is InChI=1S/C16H16ClN3O3S/c17-15-7-6-14(11-18-15)24(22,23)19-13-5-3-4-12(10-13)16(21)20-8-1-2-9-20/h3-7,10-11,19H,1-2,8-9H2. The van der Waals surface area contributed by atoms with Gasteiger partial charge in [0, 0.05) is 30.5 Å². The summed E-state index contributed by atoms with van der Waals surface area (Å²) in [4.78, 5) is 17.9. The fraction of sp³-hybridized carbons (Fsp3) is 0.250. The Bertz CT molecular complexity index is 847. The molecule has 1 aromatic carbocycles. The lowest BCUT2D eigenvalue weighted by molar-refractivity contribution is 0.0793. The van der Waals surface area contributed by atoms with Gasteiger partial charge in [-0.1, -0.05) is 17.7 Å². The van der Waals surface area contributed by atoms with Crippen LogP contribution in [-0.2, 0) is 10.0 Å². The number of hydrogen-bond donors (Lipinski definition) is 1. The Labute approximate surface area is 145 Å². The number of nitrogens with zero attached hydrogens (tertiary/aromatic N) is 2. The number of carbonyl (C=O) groups is 1. The first-order valence-electron chi connectivity index (χ1n) is 7.49. The number of sulfonamides is 1. The third kappa shape index (κ3) is 3.68. The molecule has 0 spiro atoms. The van der Waals surface area contributed by atoms with Crippen LogP contribution in [0.15, 0.2) is 47.5 Å². The number of likely N-dealkylation sites (tertiary alicyclic amines) is 1. The monoisotopic (exact) mass is 365 g/mol. The first-order valence-corrected chi connectivity index (χ1v) is 9.35. The van der Waals surface area contributed by atoms with Gasteiger partial charge < -0.3 is 4.90 Å². The topological polar surface area (TPSA) is 79.4 Å². The van der Waals surface area contributed by atoms with Crippen molar-refractivity contribution in [2.45, 2.75) is 17.7 Å². The molecule has 6 nitrogen and oxygen atoms in total. The molecule has 24 heavy (non-hydrogen) atoms. The first-order chi connectivity index (χ1) is 11.5. The van der Waals surface area contributed by atoms with Gasteiger partial charge in [-0.05, 0) is 43.2 Å². The molecule has 0 bridgehead atoms. The summed E-state index contributed by atoms with van der Waals surface area (Å²) >= 11 is 5.67. The van der Waals surface area contributed by atoms with E-state index in [-0.39, 0.29) is 16.0 Å². The average molecular weight is 366 g/mol. The zero-order valence-corrected chi connectivity index (χ0v) is 14.3. The van der Waals surface area contributed by atoms with Crippen LogP contribution in [0.4, 0.5) is 5.69 Å². The smallest absolute Gasteiger partial charge is 0.263 e. The molecule has 0 aliphatic carbocycles. The highest BCUT2D eigenvalue weighted by atomic mass is 35.5. The second kappa shape index (κ2) is 6.78. The highest BCUT2D eigenvalue weighted by molar-refractivity contribution is 7.92. The number of aromatic nitrogens is 1. The van der Waals surface area contributed by atoms with E-state index in [1.807, 2.05) is 0 Å². The van der Waals surface area contributed by atoms with Crippen LogP contribution in [0.5, 0.6) is 0 Å². The summed E-state index contributed by atoms with van der Waals surface area (Å²) in [7, 11) is -3.79. The van der Waals surface area contributed by atoms with E-state index < -0.39 is 10.0 Å². The molecule has 1 fully saturated rings. The Morgan fingerprint density at radius 3 is 2.58 bits per heavy atom. The second-order valence-electron chi connectivity index (χ2n) is 5.50. The molecule has 3 rings (SSSR count). The Morgan fingerprint density at radius 1 is 1.17 bits per heavy atom. The Morgan fingerprint density at radius 2 is 1.92 bits per heavy atom. The molecule has 0 atom stereocenters. The molecule has 0 radical (unpaired) electrons. The Kier molecular flexibility index (Phi) is 4.73. The van der Waals surface area contributed by atoms with E-state index in [1.54, 1.807) is 29.2 Å². The SMILES string of the molecule is O=C(c1cccc(NS(=O)(=O)c2ccc(Cl)nc2)c1)N1CCCC1. The summed E-state index contributed by atoms with van der Waals surface area (Å²) < 4.78 is 27.2. The van der Waals surface area contributed by atoms with Crippen LogP contribution in [0.1, 0.15) is 23.2 Å². The zero-order chi connectivity index (χ0) is 17.2. The molecule has 1 amide bonds. The Hall–Kier alpha value is -2.12. The van der Waals surface area contributed by atoms with E-state index in [1.165, 1.54) is 18.3 Å². The largest absolute Gasteiger partial charge is 0.339 e. The summed E-state index contributed by atoms with van der Waals surface area (Å²) in [5.41, 5.74) is 0.793. The van der Waals surface area contributed by atoms with Crippen LogP contribution in [0.25, 0.3) is 0 Å². The van der Waals surface area contributed by atoms with Crippen LogP contribution in [0, 0.1) is 0 Å². The van der Waals surface area contributed by atoms with E-state index in [0.29, 0.717) is 11.3 Å². The maximum Gasteiger partial charge on any atom is 0.263 e. The minimum absolute atomic E-state index is 0.00294. The van der Waals surface area contributed by atoms with E-state index in [9.17, 15) is 13.2 Å². The van der Waals surface area contributed by atoms with Gasteiger partial charge >= 0.3 is 0 Å². The van der Waals surface area contributed by atoms with Crippen molar-refractivity contribution < 1.29 is 13.2 Å². The summed E-state index contributed by atoms with van der Waals surface area (Å²) in [5.74, 6) is -0.0818. The quantitative estimate of drug-likeness (QED) is 0.845. The van der Waals surface area contributed by atoms with E-state index in [0.717, 1.165) is 25.9 Å². The molecule has 2 heterocycles. The van der Waals surface area contributed by atoms with Gasteiger partial charge in [-0.15, -0.1) is 0 Å². The van der Waals surface area contributed by atoms with Gasteiger partial charge in [-0.2, -0.15) is 0 Å². The molecule has 126 valence electrons. The summed E-state index contributed by atoms with van der Waals surface area (Å²) in [6.07, 6.45) is 3.19. The number of pyridine rings is 1. The molecular formula is C16H16ClN3O3S. The summed E-state index contributed by atoms with van der Waals surface area (Å²) in [6.45, 7) is 1.48. The van der Waals surface area contributed by atoms with E-state index >= 15 is 0 Å². The lowest BCUT2D eigenvalue weighted by Gasteiger charge is -2.16. The van der Waals surface area contributed by atoms with Crippen LogP contribution < -0.4 is 4.72 Å². The van der Waals surface area contributed by atoms with Crippen LogP contribution in [0.2, 0.25) is 5.15 Å². The van der Waals surface area contributed by atoms with Crippen molar-refractivity contribution in [1.82, 2.24) is 9.88 Å². The van der Waals surface area contributed by atoms with Gasteiger partial charge in [-0.25, -0.2) is 13.4 Å². The van der Waals surface area contributed by atoms with Gasteiger partial charge in [0.05, 0.1) is 0 Å². The minimum atomic E-state index is -3.79. The molecule has 0 unspecified atom stereocenters. The highest BCUT2D eigenvalue weighted by Crippen LogP contribution is 2.20. The molecule has 1 N–H and O–H groups in total. The number of carbonyl (C=O) groups excluding carboxylic acids is 1. The number of halogens is 1. The number of benzene rings is 1. The molecule has 1 saturated heterocycles. The van der Waals surface area contributed by atoms with Crippen molar-refractivity contribution in [3.8, 4) is 0 Å². The fourth-order valence-electron chi connectivity index (χ4n) is 2.55. The van der Waals surface area contributed by atoms with Gasteiger partial charge in [-0.3, -0.25) is 9.52 Å². The molecule has 1 aliphatic heterocycles. The summed E-state index contributed by atoms with van der Waals surface area (Å²) in [5, 5.41) is 0.215. The number of amides is 1.